The summed E-state index contributed by atoms with van der Waals surface area (Å²) in [5, 5.41) is 2.85. The number of para-hydroxylation sites is 1. The lowest BCUT2D eigenvalue weighted by atomic mass is 10.1. The van der Waals surface area contributed by atoms with Crippen LogP contribution in [0, 0.1) is 5.82 Å². The molecule has 5 nitrogen and oxygen atoms in total. The first-order valence-corrected chi connectivity index (χ1v) is 7.16. The highest BCUT2D eigenvalue weighted by Gasteiger charge is 2.32. The first kappa shape index (κ1) is 15.7. The Balaban J connectivity index is 2.33. The molecule has 3 N–H and O–H groups in total. The van der Waals surface area contributed by atoms with Crippen molar-refractivity contribution in [1.82, 2.24) is 5.32 Å². The molecule has 1 fully saturated rings. The predicted molar refractivity (Wildman–Crippen MR) is 79.5 cm³/mol. The summed E-state index contributed by atoms with van der Waals surface area (Å²) < 4.78 is 19.6. The maximum absolute atomic E-state index is 14.3. The van der Waals surface area contributed by atoms with E-state index in [-0.39, 0.29) is 30.9 Å². The molecule has 1 aliphatic rings. The molecule has 1 atom stereocenters. The normalized spacial score (nSPS) is 18.9. The fraction of sp³-hybridized carbons (Fsp3) is 0.533. The van der Waals surface area contributed by atoms with Crippen LogP contribution in [-0.2, 0) is 16.1 Å². The van der Waals surface area contributed by atoms with Crippen LogP contribution < -0.4 is 16.0 Å². The van der Waals surface area contributed by atoms with Crippen molar-refractivity contribution >= 4 is 11.6 Å². The number of carbonyl (C=O) groups excluding carboxylic acids is 1. The van der Waals surface area contributed by atoms with E-state index in [1.54, 1.807) is 17.0 Å². The molecule has 1 heterocycles. The molecule has 21 heavy (non-hydrogen) atoms. The van der Waals surface area contributed by atoms with Gasteiger partial charge in [0.25, 0.3) is 0 Å². The Hall–Kier alpha value is -1.66. The molecule has 116 valence electrons. The first-order valence-electron chi connectivity index (χ1n) is 7.16. The van der Waals surface area contributed by atoms with Crippen molar-refractivity contribution in [2.75, 3.05) is 24.7 Å². The van der Waals surface area contributed by atoms with Gasteiger partial charge in [0.1, 0.15) is 11.9 Å². The minimum atomic E-state index is -0.539. The van der Waals surface area contributed by atoms with Gasteiger partial charge in [-0.05, 0) is 25.5 Å². The van der Waals surface area contributed by atoms with Crippen molar-refractivity contribution in [1.29, 1.82) is 0 Å². The number of nitrogens with zero attached hydrogens (tertiary/aromatic N) is 1. The molecule has 1 unspecified atom stereocenters. The summed E-state index contributed by atoms with van der Waals surface area (Å²) in [5.74, 6) is -0.516. The van der Waals surface area contributed by atoms with Crippen molar-refractivity contribution < 1.29 is 13.9 Å². The molecule has 0 aliphatic carbocycles. The maximum Gasteiger partial charge on any atom is 0.245 e. The second-order valence-corrected chi connectivity index (χ2v) is 5.40. The topological polar surface area (TPSA) is 67.6 Å². The molecule has 1 aromatic rings. The third kappa shape index (κ3) is 3.51. The summed E-state index contributed by atoms with van der Waals surface area (Å²) in [4.78, 5) is 14.1. The molecule has 6 heteroatoms. The Labute approximate surface area is 124 Å². The standard InChI is InChI=1S/C15H22FN3O2/c1-10(2)18-15(20)13-9-21-7-6-19(13)14-11(8-17)4-3-5-12(14)16/h3-5,10,13H,6-9,17H2,1-2H3,(H,18,20). The number of anilines is 1. The zero-order valence-electron chi connectivity index (χ0n) is 12.4. The van der Waals surface area contributed by atoms with Crippen LogP contribution >= 0.6 is 0 Å². The van der Waals surface area contributed by atoms with Crippen molar-refractivity contribution in [3.63, 3.8) is 0 Å². The van der Waals surface area contributed by atoms with Crippen LogP contribution in [-0.4, -0.2) is 37.7 Å². The van der Waals surface area contributed by atoms with Gasteiger partial charge in [-0.3, -0.25) is 4.79 Å². The van der Waals surface area contributed by atoms with Gasteiger partial charge < -0.3 is 20.7 Å². The van der Waals surface area contributed by atoms with Crippen molar-refractivity contribution in [3.8, 4) is 0 Å². The zero-order valence-corrected chi connectivity index (χ0v) is 12.4. The van der Waals surface area contributed by atoms with Gasteiger partial charge in [-0.25, -0.2) is 4.39 Å². The largest absolute Gasteiger partial charge is 0.377 e. The minimum Gasteiger partial charge on any atom is -0.377 e. The van der Waals surface area contributed by atoms with E-state index >= 15 is 0 Å². The molecule has 0 aromatic heterocycles. The fourth-order valence-corrected chi connectivity index (χ4v) is 2.52. The molecule has 1 aromatic carbocycles. The SMILES string of the molecule is CC(C)NC(=O)C1COCCN1c1c(F)cccc1CN. The Morgan fingerprint density at radius 1 is 1.57 bits per heavy atom. The monoisotopic (exact) mass is 295 g/mol. The Bertz CT molecular complexity index is 508. The lowest BCUT2D eigenvalue weighted by Crippen LogP contribution is -2.55. The smallest absolute Gasteiger partial charge is 0.245 e. The Morgan fingerprint density at radius 2 is 2.33 bits per heavy atom. The number of halogens is 1. The van der Waals surface area contributed by atoms with Gasteiger partial charge in [-0.15, -0.1) is 0 Å². The molecule has 0 saturated carbocycles. The van der Waals surface area contributed by atoms with Gasteiger partial charge in [0, 0.05) is 19.1 Å². The van der Waals surface area contributed by atoms with E-state index < -0.39 is 6.04 Å². The fourth-order valence-electron chi connectivity index (χ4n) is 2.52. The summed E-state index contributed by atoms with van der Waals surface area (Å²) in [5.41, 5.74) is 6.81. The minimum absolute atomic E-state index is 0.0240. The van der Waals surface area contributed by atoms with E-state index in [2.05, 4.69) is 5.32 Å². The number of amides is 1. The van der Waals surface area contributed by atoms with Crippen molar-refractivity contribution in [2.45, 2.75) is 32.5 Å². The molecular weight excluding hydrogens is 273 g/mol. The van der Waals surface area contributed by atoms with Crippen LogP contribution in [0.15, 0.2) is 18.2 Å². The number of hydrogen-bond acceptors (Lipinski definition) is 4. The predicted octanol–water partition coefficient (Wildman–Crippen LogP) is 1.01. The first-order chi connectivity index (χ1) is 10.0. The van der Waals surface area contributed by atoms with Gasteiger partial charge in [-0.1, -0.05) is 12.1 Å². The molecule has 0 radical (unpaired) electrons. The number of hydrogen-bond donors (Lipinski definition) is 2. The second-order valence-electron chi connectivity index (χ2n) is 5.40. The van der Waals surface area contributed by atoms with Crippen LogP contribution in [0.5, 0.6) is 0 Å². The third-order valence-corrected chi connectivity index (χ3v) is 3.44. The Morgan fingerprint density at radius 3 is 3.00 bits per heavy atom. The van der Waals surface area contributed by atoms with E-state index in [1.807, 2.05) is 13.8 Å². The van der Waals surface area contributed by atoms with Gasteiger partial charge in [-0.2, -0.15) is 0 Å². The highest BCUT2D eigenvalue weighted by Crippen LogP contribution is 2.27. The third-order valence-electron chi connectivity index (χ3n) is 3.44. The van der Waals surface area contributed by atoms with Crippen molar-refractivity contribution in [2.24, 2.45) is 5.73 Å². The second kappa shape index (κ2) is 6.87. The molecule has 1 aliphatic heterocycles. The molecule has 2 rings (SSSR count). The van der Waals surface area contributed by atoms with Crippen LogP contribution in [0.4, 0.5) is 10.1 Å². The number of benzene rings is 1. The van der Waals surface area contributed by atoms with E-state index in [9.17, 15) is 9.18 Å². The molecule has 0 bridgehead atoms. The van der Waals surface area contributed by atoms with Crippen LogP contribution in [0.2, 0.25) is 0 Å². The van der Waals surface area contributed by atoms with Crippen LogP contribution in [0.25, 0.3) is 0 Å². The van der Waals surface area contributed by atoms with E-state index in [0.717, 1.165) is 0 Å². The summed E-state index contributed by atoms with van der Waals surface area (Å²) >= 11 is 0. The number of nitrogens with two attached hydrogens (primary N) is 1. The van der Waals surface area contributed by atoms with Gasteiger partial charge >= 0.3 is 0 Å². The number of ether oxygens (including phenoxy) is 1. The summed E-state index contributed by atoms with van der Waals surface area (Å²) in [6.45, 7) is 5.18. The number of nitrogens with one attached hydrogen (secondary N) is 1. The average molecular weight is 295 g/mol. The lowest BCUT2D eigenvalue weighted by Gasteiger charge is -2.37. The van der Waals surface area contributed by atoms with Crippen LogP contribution in [0.3, 0.4) is 0 Å². The van der Waals surface area contributed by atoms with Crippen LogP contribution in [0.1, 0.15) is 19.4 Å². The Kier molecular flexibility index (Phi) is 5.14. The van der Waals surface area contributed by atoms with Gasteiger partial charge in [0.15, 0.2) is 0 Å². The quantitative estimate of drug-likeness (QED) is 0.870. The van der Waals surface area contributed by atoms with Crippen molar-refractivity contribution in [3.05, 3.63) is 29.6 Å². The molecule has 1 saturated heterocycles. The number of carbonyl (C=O) groups is 1. The van der Waals surface area contributed by atoms with Gasteiger partial charge in [0.05, 0.1) is 18.9 Å². The van der Waals surface area contributed by atoms with E-state index in [4.69, 9.17) is 10.5 Å². The molecular formula is C15H22FN3O2. The zero-order chi connectivity index (χ0) is 15.4. The lowest BCUT2D eigenvalue weighted by molar-refractivity contribution is -0.125. The summed E-state index contributed by atoms with van der Waals surface area (Å²) in [7, 11) is 0. The molecule has 1 amide bonds. The van der Waals surface area contributed by atoms with Gasteiger partial charge in [0.2, 0.25) is 5.91 Å². The number of rotatable bonds is 4. The average Bonchev–Trinajstić information content (AvgIpc) is 2.46. The number of morpholine rings is 1. The summed E-state index contributed by atoms with van der Waals surface area (Å²) in [6.07, 6.45) is 0. The highest BCUT2D eigenvalue weighted by molar-refractivity contribution is 5.86. The van der Waals surface area contributed by atoms with E-state index in [1.165, 1.54) is 6.07 Å². The van der Waals surface area contributed by atoms with E-state index in [0.29, 0.717) is 24.4 Å². The highest BCUT2D eigenvalue weighted by atomic mass is 19.1. The maximum atomic E-state index is 14.3. The molecule has 0 spiro atoms. The summed E-state index contributed by atoms with van der Waals surface area (Å²) in [6, 6.07) is 4.29.